The molecule has 1 heterocycles. The lowest BCUT2D eigenvalue weighted by Crippen LogP contribution is -2.08. The average molecular weight is 312 g/mol. The van der Waals surface area contributed by atoms with E-state index in [2.05, 4.69) is 15.3 Å². The lowest BCUT2D eigenvalue weighted by atomic mass is 10.1. The molecule has 0 fully saturated rings. The predicted molar refractivity (Wildman–Crippen MR) is 82.0 cm³/mol. The summed E-state index contributed by atoms with van der Waals surface area (Å²) in [5.41, 5.74) is 2.42. The predicted octanol–water partition coefficient (Wildman–Crippen LogP) is 3.76. The van der Waals surface area contributed by atoms with Gasteiger partial charge in [0.05, 0.1) is 7.11 Å². The molecule has 0 atom stereocenters. The van der Waals surface area contributed by atoms with E-state index in [9.17, 15) is 0 Å². The Labute approximate surface area is 128 Å². The fourth-order valence-electron chi connectivity index (χ4n) is 1.84. The van der Waals surface area contributed by atoms with Gasteiger partial charge >= 0.3 is 6.01 Å². The van der Waals surface area contributed by atoms with E-state index in [0.29, 0.717) is 11.0 Å². The van der Waals surface area contributed by atoms with Gasteiger partial charge in [0.2, 0.25) is 0 Å². The lowest BCUT2D eigenvalue weighted by molar-refractivity contribution is 0.380. The van der Waals surface area contributed by atoms with Gasteiger partial charge in [-0.15, -0.1) is 0 Å². The van der Waals surface area contributed by atoms with Crippen molar-refractivity contribution >= 4 is 29.0 Å². The number of methoxy groups -OCH3 is 1. The first kappa shape index (κ1) is 14.9. The van der Waals surface area contributed by atoms with Crippen molar-refractivity contribution in [3.63, 3.8) is 0 Å². The molecule has 1 N–H and O–H groups in total. The molecule has 0 amide bonds. The second-order valence-corrected chi connectivity index (χ2v) is 5.13. The fraction of sp³-hybridized carbons (Fsp3) is 0.286. The van der Waals surface area contributed by atoms with Crippen LogP contribution in [0.5, 0.6) is 6.01 Å². The number of hydrogen-bond donors (Lipinski definition) is 1. The van der Waals surface area contributed by atoms with E-state index in [1.807, 2.05) is 25.1 Å². The Kier molecular flexibility index (Phi) is 5.04. The zero-order chi connectivity index (χ0) is 14.5. The molecule has 0 unspecified atom stereocenters. The summed E-state index contributed by atoms with van der Waals surface area (Å²) in [5.74, 6) is 0.647. The Balaban J connectivity index is 1.97. The van der Waals surface area contributed by atoms with Gasteiger partial charge in [-0.05, 0) is 36.6 Å². The molecule has 2 rings (SSSR count). The highest BCUT2D eigenvalue weighted by Crippen LogP contribution is 2.17. The van der Waals surface area contributed by atoms with Crippen molar-refractivity contribution in [2.75, 3.05) is 19.0 Å². The van der Waals surface area contributed by atoms with E-state index in [0.717, 1.165) is 18.0 Å². The van der Waals surface area contributed by atoms with E-state index in [-0.39, 0.29) is 6.01 Å². The number of aromatic nitrogens is 2. The molecule has 0 saturated carbocycles. The minimum Gasteiger partial charge on any atom is -0.467 e. The number of rotatable bonds is 5. The highest BCUT2D eigenvalue weighted by molar-refractivity contribution is 6.30. The summed E-state index contributed by atoms with van der Waals surface area (Å²) >= 11 is 11.8. The van der Waals surface area contributed by atoms with Crippen LogP contribution in [0.1, 0.15) is 11.1 Å². The van der Waals surface area contributed by atoms with Gasteiger partial charge in [0.25, 0.3) is 0 Å². The van der Waals surface area contributed by atoms with E-state index in [4.69, 9.17) is 27.9 Å². The molecule has 20 heavy (non-hydrogen) atoms. The van der Waals surface area contributed by atoms with Crippen LogP contribution in [-0.2, 0) is 6.42 Å². The highest BCUT2D eigenvalue weighted by atomic mass is 35.5. The number of nitrogens with one attached hydrogen (secondary N) is 1. The van der Waals surface area contributed by atoms with E-state index >= 15 is 0 Å². The molecule has 0 aliphatic rings. The van der Waals surface area contributed by atoms with Crippen LogP contribution < -0.4 is 10.1 Å². The molecule has 1 aromatic heterocycles. The number of hydrogen-bond acceptors (Lipinski definition) is 4. The minimum atomic E-state index is 0.252. The molecule has 0 aliphatic carbocycles. The van der Waals surface area contributed by atoms with Crippen molar-refractivity contribution in [2.24, 2.45) is 0 Å². The zero-order valence-electron chi connectivity index (χ0n) is 11.3. The average Bonchev–Trinajstić information content (AvgIpc) is 2.40. The van der Waals surface area contributed by atoms with Gasteiger partial charge in [-0.1, -0.05) is 29.3 Å². The maximum atomic E-state index is 5.94. The van der Waals surface area contributed by atoms with Gasteiger partial charge < -0.3 is 10.1 Å². The first-order chi connectivity index (χ1) is 9.58. The molecule has 4 nitrogen and oxygen atoms in total. The molecule has 0 aliphatic heterocycles. The van der Waals surface area contributed by atoms with Gasteiger partial charge in [0.15, 0.2) is 0 Å². The first-order valence-corrected chi connectivity index (χ1v) is 6.91. The van der Waals surface area contributed by atoms with Crippen molar-refractivity contribution in [3.8, 4) is 6.01 Å². The van der Waals surface area contributed by atoms with Crippen molar-refractivity contribution in [1.82, 2.24) is 9.97 Å². The third-order valence-electron chi connectivity index (χ3n) is 2.86. The van der Waals surface area contributed by atoms with Crippen molar-refractivity contribution in [2.45, 2.75) is 13.3 Å². The summed E-state index contributed by atoms with van der Waals surface area (Å²) in [6.07, 6.45) is 0.868. The Morgan fingerprint density at radius 3 is 2.70 bits per heavy atom. The largest absolute Gasteiger partial charge is 0.467 e. The molecule has 0 spiro atoms. The normalized spacial score (nSPS) is 10.4. The summed E-state index contributed by atoms with van der Waals surface area (Å²) in [5, 5.41) is 4.31. The van der Waals surface area contributed by atoms with E-state index < -0.39 is 0 Å². The number of aryl methyl sites for hydroxylation is 1. The van der Waals surface area contributed by atoms with Gasteiger partial charge in [-0.3, -0.25) is 0 Å². The second-order valence-electron chi connectivity index (χ2n) is 4.31. The monoisotopic (exact) mass is 311 g/mol. The summed E-state index contributed by atoms with van der Waals surface area (Å²) in [4.78, 5) is 8.09. The van der Waals surface area contributed by atoms with E-state index in [1.165, 1.54) is 18.2 Å². The molecular weight excluding hydrogens is 297 g/mol. The Hall–Kier alpha value is -1.52. The van der Waals surface area contributed by atoms with Crippen LogP contribution in [0.25, 0.3) is 0 Å². The Bertz CT molecular complexity index is 605. The van der Waals surface area contributed by atoms with Crippen molar-refractivity contribution in [1.29, 1.82) is 0 Å². The van der Waals surface area contributed by atoms with Gasteiger partial charge in [0.1, 0.15) is 11.0 Å². The minimum absolute atomic E-state index is 0.252. The Morgan fingerprint density at radius 1 is 1.20 bits per heavy atom. The SMILES string of the molecule is COc1nc(Cl)cc(NCCc2ccc(Cl)cc2C)n1. The van der Waals surface area contributed by atoms with Crippen molar-refractivity contribution in [3.05, 3.63) is 45.6 Å². The quantitative estimate of drug-likeness (QED) is 0.854. The van der Waals surface area contributed by atoms with Gasteiger partial charge in [-0.25, -0.2) is 0 Å². The number of halogens is 2. The van der Waals surface area contributed by atoms with Crippen LogP contribution in [0.3, 0.4) is 0 Å². The zero-order valence-corrected chi connectivity index (χ0v) is 12.8. The number of nitrogens with zero attached hydrogens (tertiary/aromatic N) is 2. The molecule has 0 bridgehead atoms. The van der Waals surface area contributed by atoms with Gasteiger partial charge in [-0.2, -0.15) is 9.97 Å². The van der Waals surface area contributed by atoms with E-state index in [1.54, 1.807) is 6.07 Å². The topological polar surface area (TPSA) is 47.0 Å². The molecule has 0 saturated heterocycles. The number of ether oxygens (including phenoxy) is 1. The second kappa shape index (κ2) is 6.77. The summed E-state index contributed by atoms with van der Waals surface area (Å²) in [6.45, 7) is 2.78. The van der Waals surface area contributed by atoms with Crippen LogP contribution in [0.4, 0.5) is 5.82 Å². The van der Waals surface area contributed by atoms with Crippen LogP contribution in [0.2, 0.25) is 10.2 Å². The summed E-state index contributed by atoms with van der Waals surface area (Å²) < 4.78 is 4.97. The fourth-order valence-corrected chi connectivity index (χ4v) is 2.25. The lowest BCUT2D eigenvalue weighted by Gasteiger charge is -2.09. The van der Waals surface area contributed by atoms with Crippen LogP contribution in [0.15, 0.2) is 24.3 Å². The number of benzene rings is 1. The molecule has 1 aromatic carbocycles. The van der Waals surface area contributed by atoms with Crippen molar-refractivity contribution < 1.29 is 4.74 Å². The Morgan fingerprint density at radius 2 is 2.00 bits per heavy atom. The van der Waals surface area contributed by atoms with Crippen LogP contribution >= 0.6 is 23.2 Å². The maximum absolute atomic E-state index is 5.94. The summed E-state index contributed by atoms with van der Waals surface area (Å²) in [7, 11) is 1.51. The first-order valence-electron chi connectivity index (χ1n) is 6.16. The smallest absolute Gasteiger partial charge is 0.319 e. The highest BCUT2D eigenvalue weighted by Gasteiger charge is 2.04. The molecule has 0 radical (unpaired) electrons. The third-order valence-corrected chi connectivity index (χ3v) is 3.29. The van der Waals surface area contributed by atoms with Crippen LogP contribution in [-0.4, -0.2) is 23.6 Å². The third kappa shape index (κ3) is 3.99. The maximum Gasteiger partial charge on any atom is 0.319 e. The summed E-state index contributed by atoms with van der Waals surface area (Å²) in [6, 6.07) is 7.81. The van der Waals surface area contributed by atoms with Crippen LogP contribution in [0, 0.1) is 6.92 Å². The number of anilines is 1. The molecule has 106 valence electrons. The standard InChI is InChI=1S/C14H15Cl2N3O/c1-9-7-11(15)4-3-10(9)5-6-17-13-8-12(16)18-14(19-13)20-2/h3-4,7-8H,5-6H2,1-2H3,(H,17,18,19). The molecule has 6 heteroatoms. The molecular formula is C14H15Cl2N3O. The van der Waals surface area contributed by atoms with Gasteiger partial charge in [0, 0.05) is 17.6 Å². The molecule has 2 aromatic rings.